The molecule has 1 rings (SSSR count). The van der Waals surface area contributed by atoms with E-state index in [1.165, 1.54) is 13.2 Å². The van der Waals surface area contributed by atoms with Crippen molar-refractivity contribution in [2.24, 2.45) is 0 Å². The van der Waals surface area contributed by atoms with Gasteiger partial charge in [-0.3, -0.25) is 0 Å². The lowest BCUT2D eigenvalue weighted by Crippen LogP contribution is -2.06. The molecule has 1 aromatic carbocycles. The Hall–Kier alpha value is -1.53. The molecular formula is C11H14O5S. The highest BCUT2D eigenvalue weighted by Crippen LogP contribution is 2.29. The van der Waals surface area contributed by atoms with Gasteiger partial charge in [-0.05, 0) is 17.7 Å². The largest absolute Gasteiger partial charge is 0.493 e. The molecule has 0 aliphatic carbocycles. The van der Waals surface area contributed by atoms with Gasteiger partial charge in [0.15, 0.2) is 11.5 Å². The van der Waals surface area contributed by atoms with Crippen molar-refractivity contribution in [2.75, 3.05) is 20.0 Å². The number of hydrogen-bond donors (Lipinski definition) is 1. The fraction of sp³-hybridized carbons (Fsp3) is 0.273. The number of hydrogen-bond acceptors (Lipinski definition) is 5. The van der Waals surface area contributed by atoms with E-state index in [4.69, 9.17) is 14.0 Å². The zero-order valence-corrected chi connectivity index (χ0v) is 10.4. The molecule has 17 heavy (non-hydrogen) atoms. The quantitative estimate of drug-likeness (QED) is 0.799. The summed E-state index contributed by atoms with van der Waals surface area (Å²) in [4.78, 5) is 0. The SMILES string of the molecule is COc1cc(/C=C/CO)ccc1OS(C)(=O)=O. The predicted molar refractivity (Wildman–Crippen MR) is 64.6 cm³/mol. The summed E-state index contributed by atoms with van der Waals surface area (Å²) in [6.07, 6.45) is 4.21. The molecule has 1 aromatic rings. The summed E-state index contributed by atoms with van der Waals surface area (Å²) in [5.74, 6) is 0.451. The Morgan fingerprint density at radius 3 is 2.59 bits per heavy atom. The van der Waals surface area contributed by atoms with Crippen molar-refractivity contribution >= 4 is 16.2 Å². The number of methoxy groups -OCH3 is 1. The number of aliphatic hydroxyl groups is 1. The number of rotatable bonds is 5. The predicted octanol–water partition coefficient (Wildman–Crippen LogP) is 1.04. The molecule has 0 amide bonds. The van der Waals surface area contributed by atoms with E-state index in [0.717, 1.165) is 11.8 Å². The first kappa shape index (κ1) is 13.5. The van der Waals surface area contributed by atoms with Crippen LogP contribution in [0.1, 0.15) is 5.56 Å². The van der Waals surface area contributed by atoms with Gasteiger partial charge >= 0.3 is 10.1 Å². The van der Waals surface area contributed by atoms with Gasteiger partial charge in [0.2, 0.25) is 0 Å². The van der Waals surface area contributed by atoms with Gasteiger partial charge in [0.05, 0.1) is 20.0 Å². The van der Waals surface area contributed by atoms with Crippen LogP contribution in [0.5, 0.6) is 11.5 Å². The van der Waals surface area contributed by atoms with Crippen molar-refractivity contribution in [2.45, 2.75) is 0 Å². The van der Waals surface area contributed by atoms with Crippen LogP contribution >= 0.6 is 0 Å². The molecule has 0 unspecified atom stereocenters. The molecule has 0 bridgehead atoms. The molecule has 0 atom stereocenters. The summed E-state index contributed by atoms with van der Waals surface area (Å²) in [6.45, 7) is -0.0656. The highest BCUT2D eigenvalue weighted by Gasteiger charge is 2.10. The lowest BCUT2D eigenvalue weighted by Gasteiger charge is -2.09. The molecule has 5 nitrogen and oxygen atoms in total. The molecule has 0 fully saturated rings. The van der Waals surface area contributed by atoms with Gasteiger partial charge in [0, 0.05) is 0 Å². The number of ether oxygens (including phenoxy) is 1. The second-order valence-corrected chi connectivity index (χ2v) is 4.86. The van der Waals surface area contributed by atoms with E-state index in [2.05, 4.69) is 0 Å². The zero-order valence-electron chi connectivity index (χ0n) is 9.58. The minimum atomic E-state index is -3.58. The van der Waals surface area contributed by atoms with Crippen molar-refractivity contribution in [3.05, 3.63) is 29.8 Å². The van der Waals surface area contributed by atoms with E-state index in [1.807, 2.05) is 0 Å². The summed E-state index contributed by atoms with van der Waals surface area (Å²) in [5.41, 5.74) is 0.775. The second kappa shape index (κ2) is 5.70. The third-order valence-corrected chi connectivity index (χ3v) is 2.33. The molecule has 0 aromatic heterocycles. The third kappa shape index (κ3) is 4.46. The molecule has 94 valence electrons. The molecule has 1 N–H and O–H groups in total. The Bertz CT molecular complexity index is 505. The van der Waals surface area contributed by atoms with Crippen molar-refractivity contribution in [3.63, 3.8) is 0 Å². The summed E-state index contributed by atoms with van der Waals surface area (Å²) in [5, 5.41) is 8.64. The molecule has 0 heterocycles. The summed E-state index contributed by atoms with van der Waals surface area (Å²) < 4.78 is 31.8. The normalized spacial score (nSPS) is 11.7. The standard InChI is InChI=1S/C11H14O5S/c1-15-11-8-9(4-3-7-12)5-6-10(11)16-17(2,13)14/h3-6,8,12H,7H2,1-2H3/b4-3+. The van der Waals surface area contributed by atoms with Gasteiger partial charge < -0.3 is 14.0 Å². The van der Waals surface area contributed by atoms with Crippen LogP contribution < -0.4 is 8.92 Å². The Kier molecular flexibility index (Phi) is 4.53. The van der Waals surface area contributed by atoms with Crippen LogP contribution in [0, 0.1) is 0 Å². The average molecular weight is 258 g/mol. The molecular weight excluding hydrogens is 244 g/mol. The maximum atomic E-state index is 11.0. The molecule has 0 saturated carbocycles. The van der Waals surface area contributed by atoms with E-state index in [0.29, 0.717) is 5.75 Å². The Morgan fingerprint density at radius 1 is 1.35 bits per heavy atom. The monoisotopic (exact) mass is 258 g/mol. The lowest BCUT2D eigenvalue weighted by molar-refractivity contribution is 0.343. The van der Waals surface area contributed by atoms with Crippen molar-refractivity contribution in [3.8, 4) is 11.5 Å². The van der Waals surface area contributed by atoms with Crippen LogP contribution in [0.2, 0.25) is 0 Å². The molecule has 0 radical (unpaired) electrons. The first-order valence-corrected chi connectivity index (χ1v) is 6.63. The van der Waals surface area contributed by atoms with Gasteiger partial charge in [-0.25, -0.2) is 0 Å². The van der Waals surface area contributed by atoms with E-state index in [9.17, 15) is 8.42 Å². The van der Waals surface area contributed by atoms with E-state index < -0.39 is 10.1 Å². The van der Waals surface area contributed by atoms with Crippen LogP contribution in [0.15, 0.2) is 24.3 Å². The minimum absolute atomic E-state index is 0.0656. The average Bonchev–Trinajstić information content (AvgIpc) is 2.25. The molecule has 0 aliphatic heterocycles. The fourth-order valence-corrected chi connectivity index (χ4v) is 1.67. The smallest absolute Gasteiger partial charge is 0.306 e. The Morgan fingerprint density at radius 2 is 2.06 bits per heavy atom. The van der Waals surface area contributed by atoms with Crippen molar-refractivity contribution in [1.82, 2.24) is 0 Å². The Labute approximate surface area is 100 Å². The second-order valence-electron chi connectivity index (χ2n) is 3.28. The minimum Gasteiger partial charge on any atom is -0.493 e. The third-order valence-electron chi connectivity index (χ3n) is 1.84. The van der Waals surface area contributed by atoms with Gasteiger partial charge in [-0.15, -0.1) is 0 Å². The van der Waals surface area contributed by atoms with Gasteiger partial charge in [0.25, 0.3) is 0 Å². The first-order valence-electron chi connectivity index (χ1n) is 4.81. The Balaban J connectivity index is 3.05. The van der Waals surface area contributed by atoms with Crippen LogP contribution in [0.25, 0.3) is 6.08 Å². The maximum Gasteiger partial charge on any atom is 0.306 e. The summed E-state index contributed by atoms with van der Waals surface area (Å²) >= 11 is 0. The first-order chi connectivity index (χ1) is 7.96. The van der Waals surface area contributed by atoms with Crippen molar-refractivity contribution in [1.29, 1.82) is 0 Å². The number of benzene rings is 1. The van der Waals surface area contributed by atoms with Crippen LogP contribution in [-0.2, 0) is 10.1 Å². The lowest BCUT2D eigenvalue weighted by atomic mass is 10.2. The molecule has 0 aliphatic rings. The molecule has 0 spiro atoms. The highest BCUT2D eigenvalue weighted by atomic mass is 32.2. The van der Waals surface area contributed by atoms with Gasteiger partial charge in [-0.1, -0.05) is 18.2 Å². The van der Waals surface area contributed by atoms with Crippen LogP contribution in [-0.4, -0.2) is 33.5 Å². The van der Waals surface area contributed by atoms with Gasteiger partial charge in [0.1, 0.15) is 0 Å². The van der Waals surface area contributed by atoms with Gasteiger partial charge in [-0.2, -0.15) is 8.42 Å². The van der Waals surface area contributed by atoms with Crippen LogP contribution in [0.4, 0.5) is 0 Å². The summed E-state index contributed by atoms with van der Waals surface area (Å²) in [7, 11) is -2.16. The summed E-state index contributed by atoms with van der Waals surface area (Å²) in [6, 6.07) is 4.78. The maximum absolute atomic E-state index is 11.0. The molecule has 0 saturated heterocycles. The zero-order chi connectivity index (χ0) is 12.9. The van der Waals surface area contributed by atoms with E-state index in [1.54, 1.807) is 24.3 Å². The number of aliphatic hydroxyl groups excluding tert-OH is 1. The van der Waals surface area contributed by atoms with E-state index >= 15 is 0 Å². The molecule has 6 heteroatoms. The topological polar surface area (TPSA) is 72.8 Å². The van der Waals surface area contributed by atoms with Crippen LogP contribution in [0.3, 0.4) is 0 Å². The van der Waals surface area contributed by atoms with Crippen molar-refractivity contribution < 1.29 is 22.4 Å². The highest BCUT2D eigenvalue weighted by molar-refractivity contribution is 7.86. The fourth-order valence-electron chi connectivity index (χ4n) is 1.21. The van der Waals surface area contributed by atoms with E-state index in [-0.39, 0.29) is 12.4 Å².